The molecule has 3 heteroatoms. The standard InChI is InChI=1S/C15H20N2O/c16-14-7-5-11(6-8-14)15(18)17-9-12-3-1-2-4-13(12)10-17/h5-8,12-13H,1-4,9-10,16H2. The molecule has 2 unspecified atom stereocenters. The number of carbonyl (C=O) groups excluding carboxylic acids is 1. The van der Waals surface area contributed by atoms with Gasteiger partial charge in [0.1, 0.15) is 0 Å². The molecule has 0 bridgehead atoms. The van der Waals surface area contributed by atoms with Crippen LogP contribution < -0.4 is 5.73 Å². The number of hydrogen-bond donors (Lipinski definition) is 1. The molecule has 2 N–H and O–H groups in total. The molecule has 1 aliphatic heterocycles. The van der Waals surface area contributed by atoms with Crippen LogP contribution in [-0.2, 0) is 0 Å². The lowest BCUT2D eigenvalue weighted by Gasteiger charge is -2.22. The molecular formula is C15H20N2O. The van der Waals surface area contributed by atoms with Crippen LogP contribution >= 0.6 is 0 Å². The number of hydrogen-bond acceptors (Lipinski definition) is 2. The first-order valence-corrected chi connectivity index (χ1v) is 6.89. The van der Waals surface area contributed by atoms with Gasteiger partial charge in [-0.15, -0.1) is 0 Å². The van der Waals surface area contributed by atoms with E-state index in [1.54, 1.807) is 12.1 Å². The quantitative estimate of drug-likeness (QED) is 0.772. The first kappa shape index (κ1) is 11.6. The molecule has 2 atom stereocenters. The highest BCUT2D eigenvalue weighted by molar-refractivity contribution is 5.94. The third-order valence-corrected chi connectivity index (χ3v) is 4.42. The normalized spacial score (nSPS) is 27.0. The van der Waals surface area contributed by atoms with Gasteiger partial charge in [0.25, 0.3) is 5.91 Å². The van der Waals surface area contributed by atoms with Gasteiger partial charge in [0.05, 0.1) is 0 Å². The Bertz CT molecular complexity index is 426. The maximum atomic E-state index is 12.4. The predicted octanol–water partition coefficient (Wildman–Crippen LogP) is 2.53. The van der Waals surface area contributed by atoms with Crippen molar-refractivity contribution in [3.8, 4) is 0 Å². The molecular weight excluding hydrogens is 224 g/mol. The highest BCUT2D eigenvalue weighted by atomic mass is 16.2. The topological polar surface area (TPSA) is 46.3 Å². The Kier molecular flexibility index (Phi) is 2.98. The van der Waals surface area contributed by atoms with Crippen molar-refractivity contribution in [2.24, 2.45) is 11.8 Å². The van der Waals surface area contributed by atoms with E-state index in [-0.39, 0.29) is 5.91 Å². The fraction of sp³-hybridized carbons (Fsp3) is 0.533. The summed E-state index contributed by atoms with van der Waals surface area (Å²) in [4.78, 5) is 14.4. The molecule has 0 aromatic heterocycles. The number of amides is 1. The zero-order valence-corrected chi connectivity index (χ0v) is 10.6. The van der Waals surface area contributed by atoms with Crippen molar-refractivity contribution in [1.29, 1.82) is 0 Å². The number of nitrogen functional groups attached to an aromatic ring is 1. The van der Waals surface area contributed by atoms with Crippen LogP contribution in [0.4, 0.5) is 5.69 Å². The lowest BCUT2D eigenvalue weighted by Crippen LogP contribution is -2.28. The van der Waals surface area contributed by atoms with Crippen LogP contribution in [0.3, 0.4) is 0 Å². The Morgan fingerprint density at radius 2 is 1.61 bits per heavy atom. The van der Waals surface area contributed by atoms with Gasteiger partial charge in [-0.2, -0.15) is 0 Å². The average Bonchev–Trinajstić information content (AvgIpc) is 2.82. The third-order valence-electron chi connectivity index (χ3n) is 4.42. The van der Waals surface area contributed by atoms with Crippen LogP contribution in [0.15, 0.2) is 24.3 Å². The number of nitrogens with two attached hydrogens (primary N) is 1. The van der Waals surface area contributed by atoms with Crippen LogP contribution in [0.25, 0.3) is 0 Å². The molecule has 1 aromatic rings. The summed E-state index contributed by atoms with van der Waals surface area (Å²) in [5, 5.41) is 0. The van der Waals surface area contributed by atoms with E-state index in [9.17, 15) is 4.79 Å². The summed E-state index contributed by atoms with van der Waals surface area (Å²) in [5.74, 6) is 1.66. The fourth-order valence-corrected chi connectivity index (χ4v) is 3.38. The lowest BCUT2D eigenvalue weighted by atomic mass is 9.82. The highest BCUT2D eigenvalue weighted by Crippen LogP contribution is 2.36. The minimum Gasteiger partial charge on any atom is -0.399 e. The zero-order valence-electron chi connectivity index (χ0n) is 10.6. The maximum Gasteiger partial charge on any atom is 0.253 e. The number of carbonyl (C=O) groups is 1. The summed E-state index contributed by atoms with van der Waals surface area (Å²) in [5.41, 5.74) is 7.13. The smallest absolute Gasteiger partial charge is 0.253 e. The Hall–Kier alpha value is -1.51. The maximum absolute atomic E-state index is 12.4. The number of anilines is 1. The number of benzene rings is 1. The molecule has 2 fully saturated rings. The van der Waals surface area contributed by atoms with E-state index >= 15 is 0 Å². The molecule has 3 rings (SSSR count). The van der Waals surface area contributed by atoms with E-state index in [1.807, 2.05) is 17.0 Å². The van der Waals surface area contributed by atoms with Crippen molar-refractivity contribution < 1.29 is 4.79 Å². The van der Waals surface area contributed by atoms with Crippen LogP contribution in [0.2, 0.25) is 0 Å². The van der Waals surface area contributed by atoms with Crippen LogP contribution in [-0.4, -0.2) is 23.9 Å². The monoisotopic (exact) mass is 244 g/mol. The third kappa shape index (κ3) is 2.09. The molecule has 1 saturated carbocycles. The van der Waals surface area contributed by atoms with Gasteiger partial charge in [0.2, 0.25) is 0 Å². The van der Waals surface area contributed by atoms with Gasteiger partial charge in [-0.3, -0.25) is 4.79 Å². The summed E-state index contributed by atoms with van der Waals surface area (Å²) < 4.78 is 0. The fourth-order valence-electron chi connectivity index (χ4n) is 3.38. The lowest BCUT2D eigenvalue weighted by molar-refractivity contribution is 0.0784. The van der Waals surface area contributed by atoms with Crippen LogP contribution in [0.5, 0.6) is 0 Å². The Labute approximate surface area is 108 Å². The number of likely N-dealkylation sites (tertiary alicyclic amines) is 1. The van der Waals surface area contributed by atoms with Crippen LogP contribution in [0.1, 0.15) is 36.0 Å². The minimum absolute atomic E-state index is 0.171. The molecule has 1 aromatic carbocycles. The first-order valence-electron chi connectivity index (χ1n) is 6.89. The molecule has 18 heavy (non-hydrogen) atoms. The Morgan fingerprint density at radius 3 is 2.17 bits per heavy atom. The Balaban J connectivity index is 1.72. The van der Waals surface area contributed by atoms with E-state index in [0.29, 0.717) is 5.69 Å². The van der Waals surface area contributed by atoms with E-state index < -0.39 is 0 Å². The van der Waals surface area contributed by atoms with Gasteiger partial charge < -0.3 is 10.6 Å². The van der Waals surface area contributed by atoms with E-state index in [0.717, 1.165) is 30.5 Å². The molecule has 3 nitrogen and oxygen atoms in total. The van der Waals surface area contributed by atoms with Gasteiger partial charge in [0.15, 0.2) is 0 Å². The van der Waals surface area contributed by atoms with Crippen LogP contribution in [0, 0.1) is 11.8 Å². The first-order chi connectivity index (χ1) is 8.74. The van der Waals surface area contributed by atoms with E-state index in [4.69, 9.17) is 5.73 Å². The molecule has 96 valence electrons. The summed E-state index contributed by atoms with van der Waals surface area (Å²) in [7, 11) is 0. The predicted molar refractivity (Wildman–Crippen MR) is 72.2 cm³/mol. The zero-order chi connectivity index (χ0) is 12.5. The van der Waals surface area contributed by atoms with Crippen molar-refractivity contribution in [2.75, 3.05) is 18.8 Å². The second-order valence-electron chi connectivity index (χ2n) is 5.64. The SMILES string of the molecule is Nc1ccc(C(=O)N2CC3CCCCC3C2)cc1. The van der Waals surface area contributed by atoms with Gasteiger partial charge in [-0.05, 0) is 48.9 Å². The largest absolute Gasteiger partial charge is 0.399 e. The summed E-state index contributed by atoms with van der Waals surface area (Å²) in [6.45, 7) is 1.90. The minimum atomic E-state index is 0.171. The van der Waals surface area contributed by atoms with Crippen molar-refractivity contribution in [3.05, 3.63) is 29.8 Å². The average molecular weight is 244 g/mol. The summed E-state index contributed by atoms with van der Waals surface area (Å²) >= 11 is 0. The Morgan fingerprint density at radius 1 is 1.06 bits per heavy atom. The van der Waals surface area contributed by atoms with Gasteiger partial charge in [-0.25, -0.2) is 0 Å². The molecule has 1 heterocycles. The highest BCUT2D eigenvalue weighted by Gasteiger charge is 2.36. The molecule has 0 spiro atoms. The van der Waals surface area contributed by atoms with E-state index in [1.165, 1.54) is 25.7 Å². The molecule has 0 radical (unpaired) electrons. The molecule has 1 aliphatic carbocycles. The summed E-state index contributed by atoms with van der Waals surface area (Å²) in [6, 6.07) is 7.27. The van der Waals surface area contributed by atoms with E-state index in [2.05, 4.69) is 0 Å². The second-order valence-corrected chi connectivity index (χ2v) is 5.64. The molecule has 2 aliphatic rings. The number of nitrogens with zero attached hydrogens (tertiary/aromatic N) is 1. The molecule has 1 saturated heterocycles. The number of rotatable bonds is 1. The van der Waals surface area contributed by atoms with Crippen molar-refractivity contribution in [3.63, 3.8) is 0 Å². The summed E-state index contributed by atoms with van der Waals surface area (Å²) in [6.07, 6.45) is 5.28. The second kappa shape index (κ2) is 4.63. The number of fused-ring (bicyclic) bond motifs is 1. The molecule has 1 amide bonds. The van der Waals surface area contributed by atoms with Gasteiger partial charge in [0, 0.05) is 24.3 Å². The van der Waals surface area contributed by atoms with Gasteiger partial charge >= 0.3 is 0 Å². The van der Waals surface area contributed by atoms with Crippen molar-refractivity contribution in [2.45, 2.75) is 25.7 Å². The van der Waals surface area contributed by atoms with Crippen molar-refractivity contribution >= 4 is 11.6 Å². The van der Waals surface area contributed by atoms with Gasteiger partial charge in [-0.1, -0.05) is 12.8 Å². The van der Waals surface area contributed by atoms with Crippen molar-refractivity contribution in [1.82, 2.24) is 4.90 Å².